The number of benzene rings is 4. The van der Waals surface area contributed by atoms with Gasteiger partial charge in [-0.15, -0.1) is 0 Å². The Morgan fingerprint density at radius 1 is 0.821 bits per heavy atom. The highest BCUT2D eigenvalue weighted by molar-refractivity contribution is 8.00. The molecule has 5 aromatic rings. The summed E-state index contributed by atoms with van der Waals surface area (Å²) < 4.78 is 2.16. The first-order valence-electron chi connectivity index (χ1n) is 12.8. The first kappa shape index (κ1) is 24.8. The summed E-state index contributed by atoms with van der Waals surface area (Å²) in [6.07, 6.45) is 0.848. The number of ketones is 2. The second kappa shape index (κ2) is 10.3. The number of aryl methyl sites for hydroxylation is 2. The molecule has 0 spiro atoms. The number of nitrogens with zero attached hydrogens (tertiary/aromatic N) is 2. The topological polar surface area (TPSA) is 81.1 Å². The number of amides is 1. The fraction of sp³-hybridized carbons (Fsp3) is 0.125. The normalized spacial score (nSPS) is 13.2. The van der Waals surface area contributed by atoms with E-state index in [0.717, 1.165) is 29.2 Å². The average molecular weight is 532 g/mol. The molecule has 0 aliphatic heterocycles. The molecular weight excluding hydrogens is 506 g/mol. The highest BCUT2D eigenvalue weighted by Crippen LogP contribution is 2.31. The summed E-state index contributed by atoms with van der Waals surface area (Å²) in [5, 5.41) is 3.25. The number of anilines is 1. The molecule has 1 atom stereocenters. The number of rotatable bonds is 7. The number of carbonyl (C=O) groups is 3. The maximum Gasteiger partial charge on any atom is 0.237 e. The quantitative estimate of drug-likeness (QED) is 0.249. The van der Waals surface area contributed by atoms with Gasteiger partial charge in [-0.25, -0.2) is 4.98 Å². The average Bonchev–Trinajstić information content (AvgIpc) is 3.32. The minimum absolute atomic E-state index is 0.184. The van der Waals surface area contributed by atoms with Crippen LogP contribution < -0.4 is 5.32 Å². The van der Waals surface area contributed by atoms with Gasteiger partial charge < -0.3 is 9.88 Å². The van der Waals surface area contributed by atoms with Crippen molar-refractivity contribution < 1.29 is 14.4 Å². The Morgan fingerprint density at radius 3 is 2.23 bits per heavy atom. The smallest absolute Gasteiger partial charge is 0.237 e. The molecule has 4 aromatic carbocycles. The number of imidazole rings is 1. The molecular formula is C32H25N3O3S. The van der Waals surface area contributed by atoms with E-state index < -0.39 is 5.25 Å². The summed E-state index contributed by atoms with van der Waals surface area (Å²) in [7, 11) is 0. The molecule has 0 saturated carbocycles. The van der Waals surface area contributed by atoms with Gasteiger partial charge in [-0.1, -0.05) is 78.5 Å². The van der Waals surface area contributed by atoms with Crippen molar-refractivity contribution in [2.24, 2.45) is 0 Å². The van der Waals surface area contributed by atoms with E-state index in [1.54, 1.807) is 42.5 Å². The number of hydrogen-bond donors (Lipinski definition) is 1. The van der Waals surface area contributed by atoms with E-state index in [1.807, 2.05) is 49.4 Å². The zero-order valence-corrected chi connectivity index (χ0v) is 22.1. The lowest BCUT2D eigenvalue weighted by atomic mass is 9.84. The third kappa shape index (κ3) is 4.77. The molecule has 39 heavy (non-hydrogen) atoms. The first-order valence-corrected chi connectivity index (χ1v) is 13.7. The largest absolute Gasteiger partial charge is 0.325 e. The maximum absolute atomic E-state index is 13.2. The van der Waals surface area contributed by atoms with Crippen LogP contribution in [-0.4, -0.2) is 32.3 Å². The molecule has 1 aromatic heterocycles. The molecule has 0 saturated heterocycles. The molecule has 0 radical (unpaired) electrons. The van der Waals surface area contributed by atoms with Crippen LogP contribution in [0.3, 0.4) is 0 Å². The van der Waals surface area contributed by atoms with Crippen LogP contribution in [-0.2, 0) is 17.8 Å². The lowest BCUT2D eigenvalue weighted by Crippen LogP contribution is -2.24. The van der Waals surface area contributed by atoms with Gasteiger partial charge in [-0.05, 0) is 49.2 Å². The molecule has 1 N–H and O–H groups in total. The van der Waals surface area contributed by atoms with E-state index in [1.165, 1.54) is 17.3 Å². The lowest BCUT2D eigenvalue weighted by Gasteiger charge is -2.19. The van der Waals surface area contributed by atoms with Crippen molar-refractivity contribution in [2.75, 3.05) is 5.32 Å². The third-order valence-corrected chi connectivity index (χ3v) is 8.02. The van der Waals surface area contributed by atoms with Crippen LogP contribution >= 0.6 is 11.8 Å². The van der Waals surface area contributed by atoms with Crippen LogP contribution in [0.4, 0.5) is 5.69 Å². The van der Waals surface area contributed by atoms with Crippen LogP contribution in [0.15, 0.2) is 102 Å². The zero-order chi connectivity index (χ0) is 26.9. The van der Waals surface area contributed by atoms with E-state index in [2.05, 4.69) is 22.0 Å². The van der Waals surface area contributed by atoms with Crippen molar-refractivity contribution in [2.45, 2.75) is 30.3 Å². The summed E-state index contributed by atoms with van der Waals surface area (Å²) in [6, 6.07) is 30.0. The minimum Gasteiger partial charge on any atom is -0.325 e. The Balaban J connectivity index is 1.21. The molecule has 0 unspecified atom stereocenters. The molecule has 1 amide bonds. The van der Waals surface area contributed by atoms with Crippen molar-refractivity contribution in [3.63, 3.8) is 0 Å². The Bertz CT molecular complexity index is 1740. The predicted octanol–water partition coefficient (Wildman–Crippen LogP) is 6.17. The fourth-order valence-corrected chi connectivity index (χ4v) is 5.83. The van der Waals surface area contributed by atoms with E-state index in [4.69, 9.17) is 4.98 Å². The Hall–Kier alpha value is -4.49. The van der Waals surface area contributed by atoms with E-state index >= 15 is 0 Å². The van der Waals surface area contributed by atoms with Crippen molar-refractivity contribution in [1.82, 2.24) is 9.55 Å². The van der Waals surface area contributed by atoms with E-state index in [0.29, 0.717) is 27.9 Å². The Kier molecular flexibility index (Phi) is 6.59. The predicted molar refractivity (Wildman–Crippen MR) is 154 cm³/mol. The Labute approximate surface area is 230 Å². The van der Waals surface area contributed by atoms with E-state index in [9.17, 15) is 14.4 Å². The summed E-state index contributed by atoms with van der Waals surface area (Å²) in [5.74, 6) is -0.612. The van der Waals surface area contributed by atoms with Crippen molar-refractivity contribution >= 4 is 46.0 Å². The van der Waals surface area contributed by atoms with Crippen LogP contribution in [0.25, 0.3) is 11.0 Å². The van der Waals surface area contributed by atoms with Gasteiger partial charge in [0.25, 0.3) is 0 Å². The molecule has 6 nitrogen and oxygen atoms in total. The van der Waals surface area contributed by atoms with Crippen LogP contribution in [0, 0.1) is 0 Å². The number of carbonyl (C=O) groups excluding carboxylic acids is 3. The number of para-hydroxylation sites is 2. The number of thioether (sulfide) groups is 1. The molecule has 1 aliphatic rings. The standard InChI is InChI=1S/C32H25N3O3S/c1-20(39-32-34-27-13-7-8-14-28(27)35(32)18-17-21-9-3-2-4-10-21)31(38)33-22-15-16-25-26(19-22)30(37)24-12-6-5-11-23(24)29(25)36/h2-16,19-20H,17-18H2,1H3,(H,33,38)/t20-/m1/s1. The first-order chi connectivity index (χ1) is 19.0. The minimum atomic E-state index is -0.452. The lowest BCUT2D eigenvalue weighted by molar-refractivity contribution is -0.115. The van der Waals surface area contributed by atoms with E-state index in [-0.39, 0.29) is 17.5 Å². The summed E-state index contributed by atoms with van der Waals surface area (Å²) in [6.45, 7) is 2.58. The zero-order valence-electron chi connectivity index (χ0n) is 21.3. The van der Waals surface area contributed by atoms with Crippen molar-refractivity contribution in [3.05, 3.63) is 125 Å². The molecule has 0 fully saturated rings. The van der Waals surface area contributed by atoms with Crippen LogP contribution in [0.5, 0.6) is 0 Å². The van der Waals surface area contributed by atoms with Crippen LogP contribution in [0.2, 0.25) is 0 Å². The van der Waals surface area contributed by atoms with Gasteiger partial charge >= 0.3 is 0 Å². The molecule has 6 rings (SSSR count). The molecule has 1 heterocycles. The SMILES string of the molecule is C[C@@H](Sc1nc2ccccc2n1CCc1ccccc1)C(=O)Nc1ccc2c(c1)C(=O)c1ccccc1C2=O. The number of hydrogen-bond acceptors (Lipinski definition) is 5. The van der Waals surface area contributed by atoms with Gasteiger partial charge in [0, 0.05) is 34.5 Å². The maximum atomic E-state index is 13.2. The van der Waals surface area contributed by atoms with Gasteiger partial charge in [-0.2, -0.15) is 0 Å². The van der Waals surface area contributed by atoms with Crippen molar-refractivity contribution in [3.8, 4) is 0 Å². The van der Waals surface area contributed by atoms with Gasteiger partial charge in [-0.3, -0.25) is 14.4 Å². The number of fused-ring (bicyclic) bond motifs is 3. The second-order valence-electron chi connectivity index (χ2n) is 9.48. The molecule has 7 heteroatoms. The monoisotopic (exact) mass is 531 g/mol. The van der Waals surface area contributed by atoms with Gasteiger partial charge in [0.1, 0.15) is 0 Å². The molecule has 0 bridgehead atoms. The Morgan fingerprint density at radius 2 is 1.46 bits per heavy atom. The highest BCUT2D eigenvalue weighted by Gasteiger charge is 2.29. The third-order valence-electron chi connectivity index (χ3n) is 6.93. The van der Waals surface area contributed by atoms with Gasteiger partial charge in [0.15, 0.2) is 16.7 Å². The van der Waals surface area contributed by atoms with Crippen LogP contribution in [0.1, 0.15) is 44.3 Å². The molecule has 192 valence electrons. The summed E-state index contributed by atoms with van der Waals surface area (Å²) >= 11 is 1.40. The van der Waals surface area contributed by atoms with Crippen molar-refractivity contribution in [1.29, 1.82) is 0 Å². The number of aromatic nitrogens is 2. The second-order valence-corrected chi connectivity index (χ2v) is 10.8. The highest BCUT2D eigenvalue weighted by atomic mass is 32.2. The fourth-order valence-electron chi connectivity index (χ4n) is 4.88. The van der Waals surface area contributed by atoms with Gasteiger partial charge in [0.05, 0.1) is 16.3 Å². The summed E-state index contributed by atoms with van der Waals surface area (Å²) in [5.41, 5.74) is 5.08. The number of nitrogens with one attached hydrogen (secondary N) is 1. The van der Waals surface area contributed by atoms with Gasteiger partial charge in [0.2, 0.25) is 5.91 Å². The molecule has 1 aliphatic carbocycles. The summed E-state index contributed by atoms with van der Waals surface area (Å²) in [4.78, 5) is 44.0.